The molecule has 0 radical (unpaired) electrons. The molecule has 0 aromatic carbocycles. The number of aromatic nitrogens is 2. The summed E-state index contributed by atoms with van der Waals surface area (Å²) < 4.78 is 0.993. The van der Waals surface area contributed by atoms with Gasteiger partial charge in [-0.25, -0.2) is 4.98 Å². The molecule has 0 aliphatic rings. The molecule has 0 aliphatic carbocycles. The standard InChI is InChI=1S/C12H14BrN3S/c1-3-9-10(7-14-2)17-12(16-9)11-8(13)5-4-6-15-11/h4-6,14H,3,7H2,1-2H3. The third-order valence-corrected chi connectivity index (χ3v) is 4.16. The van der Waals surface area contributed by atoms with E-state index in [-0.39, 0.29) is 0 Å². The van der Waals surface area contributed by atoms with Crippen LogP contribution in [0, 0.1) is 0 Å². The maximum Gasteiger partial charge on any atom is 0.143 e. The molecule has 5 heteroatoms. The van der Waals surface area contributed by atoms with Crippen LogP contribution in [-0.2, 0) is 13.0 Å². The van der Waals surface area contributed by atoms with Crippen LogP contribution in [0.3, 0.4) is 0 Å². The van der Waals surface area contributed by atoms with Crippen molar-refractivity contribution in [3.63, 3.8) is 0 Å². The molecule has 0 amide bonds. The van der Waals surface area contributed by atoms with Crippen LogP contribution in [0.25, 0.3) is 10.7 Å². The minimum Gasteiger partial charge on any atom is -0.315 e. The van der Waals surface area contributed by atoms with Gasteiger partial charge in [-0.1, -0.05) is 6.92 Å². The van der Waals surface area contributed by atoms with Crippen LogP contribution in [0.1, 0.15) is 17.5 Å². The lowest BCUT2D eigenvalue weighted by Gasteiger charge is -1.97. The Morgan fingerprint density at radius 3 is 2.94 bits per heavy atom. The second-order valence-corrected chi connectivity index (χ2v) is 5.54. The van der Waals surface area contributed by atoms with Gasteiger partial charge in [0.25, 0.3) is 0 Å². The highest BCUT2D eigenvalue weighted by Crippen LogP contribution is 2.31. The lowest BCUT2D eigenvalue weighted by molar-refractivity contribution is 0.814. The van der Waals surface area contributed by atoms with E-state index in [0.717, 1.165) is 33.8 Å². The Kier molecular flexibility index (Phi) is 4.25. The summed E-state index contributed by atoms with van der Waals surface area (Å²) in [7, 11) is 1.95. The van der Waals surface area contributed by atoms with E-state index in [9.17, 15) is 0 Å². The predicted octanol–water partition coefficient (Wildman–Crippen LogP) is 3.25. The van der Waals surface area contributed by atoms with Crippen molar-refractivity contribution in [3.05, 3.63) is 33.4 Å². The molecular weight excluding hydrogens is 298 g/mol. The Bertz CT molecular complexity index is 510. The van der Waals surface area contributed by atoms with Gasteiger partial charge in [-0.3, -0.25) is 4.98 Å². The number of aryl methyl sites for hydroxylation is 1. The normalized spacial score (nSPS) is 10.8. The van der Waals surface area contributed by atoms with Gasteiger partial charge in [0.1, 0.15) is 10.7 Å². The van der Waals surface area contributed by atoms with E-state index >= 15 is 0 Å². The van der Waals surface area contributed by atoms with Gasteiger partial charge in [0.05, 0.1) is 5.69 Å². The van der Waals surface area contributed by atoms with Crippen LogP contribution in [0.5, 0.6) is 0 Å². The molecule has 17 heavy (non-hydrogen) atoms. The van der Waals surface area contributed by atoms with E-state index < -0.39 is 0 Å². The van der Waals surface area contributed by atoms with Gasteiger partial charge < -0.3 is 5.32 Å². The molecule has 0 spiro atoms. The SMILES string of the molecule is CCc1nc(-c2ncccc2Br)sc1CNC. The van der Waals surface area contributed by atoms with Crippen molar-refractivity contribution in [3.8, 4) is 10.7 Å². The van der Waals surface area contributed by atoms with Gasteiger partial charge in [0.15, 0.2) is 0 Å². The van der Waals surface area contributed by atoms with Crippen LogP contribution < -0.4 is 5.32 Å². The fourth-order valence-corrected chi connectivity index (χ4v) is 3.35. The number of nitrogens with one attached hydrogen (secondary N) is 1. The van der Waals surface area contributed by atoms with Gasteiger partial charge in [0.2, 0.25) is 0 Å². The summed E-state index contributed by atoms with van der Waals surface area (Å²) in [4.78, 5) is 10.3. The van der Waals surface area contributed by atoms with E-state index in [2.05, 4.69) is 38.1 Å². The van der Waals surface area contributed by atoms with Gasteiger partial charge >= 0.3 is 0 Å². The number of rotatable bonds is 4. The Hall–Kier alpha value is -0.780. The van der Waals surface area contributed by atoms with Gasteiger partial charge in [-0.05, 0) is 41.5 Å². The molecule has 1 N–H and O–H groups in total. The minimum absolute atomic E-state index is 0.866. The molecule has 0 aliphatic heterocycles. The highest BCUT2D eigenvalue weighted by Gasteiger charge is 2.13. The minimum atomic E-state index is 0.866. The molecule has 2 aromatic heterocycles. The van der Waals surface area contributed by atoms with Crippen molar-refractivity contribution < 1.29 is 0 Å². The summed E-state index contributed by atoms with van der Waals surface area (Å²) in [5, 5.41) is 4.16. The molecule has 0 saturated carbocycles. The predicted molar refractivity (Wildman–Crippen MR) is 75.2 cm³/mol. The summed E-state index contributed by atoms with van der Waals surface area (Å²) in [6.45, 7) is 3.00. The maximum absolute atomic E-state index is 4.66. The van der Waals surface area contributed by atoms with Crippen molar-refractivity contribution in [1.29, 1.82) is 0 Å². The van der Waals surface area contributed by atoms with Gasteiger partial charge in [0, 0.05) is 22.1 Å². The molecule has 0 fully saturated rings. The molecule has 3 nitrogen and oxygen atoms in total. The second-order valence-electron chi connectivity index (χ2n) is 3.61. The topological polar surface area (TPSA) is 37.8 Å². The lowest BCUT2D eigenvalue weighted by atomic mass is 10.3. The zero-order valence-electron chi connectivity index (χ0n) is 9.83. The number of nitrogens with zero attached hydrogens (tertiary/aromatic N) is 2. The molecule has 0 bridgehead atoms. The van der Waals surface area contributed by atoms with Crippen LogP contribution in [-0.4, -0.2) is 17.0 Å². The summed E-state index contributed by atoms with van der Waals surface area (Å²) in [6.07, 6.45) is 2.75. The van der Waals surface area contributed by atoms with Crippen LogP contribution in [0.15, 0.2) is 22.8 Å². The molecule has 0 saturated heterocycles. The molecule has 2 rings (SSSR count). The van der Waals surface area contributed by atoms with E-state index in [1.54, 1.807) is 17.5 Å². The molecule has 0 unspecified atom stereocenters. The first-order valence-corrected chi connectivity index (χ1v) is 7.11. The van der Waals surface area contributed by atoms with Crippen molar-refractivity contribution in [1.82, 2.24) is 15.3 Å². The van der Waals surface area contributed by atoms with Crippen molar-refractivity contribution in [2.75, 3.05) is 7.05 Å². The lowest BCUT2D eigenvalue weighted by Crippen LogP contribution is -2.05. The van der Waals surface area contributed by atoms with Crippen LogP contribution >= 0.6 is 27.3 Å². The fraction of sp³-hybridized carbons (Fsp3) is 0.333. The highest BCUT2D eigenvalue weighted by atomic mass is 79.9. The van der Waals surface area contributed by atoms with E-state index in [4.69, 9.17) is 0 Å². The first kappa shape index (κ1) is 12.7. The second kappa shape index (κ2) is 5.71. The zero-order chi connectivity index (χ0) is 12.3. The largest absolute Gasteiger partial charge is 0.315 e. The van der Waals surface area contributed by atoms with E-state index in [0.29, 0.717) is 0 Å². The Balaban J connectivity index is 2.43. The fourth-order valence-electron chi connectivity index (χ4n) is 1.60. The first-order valence-electron chi connectivity index (χ1n) is 5.50. The average molecular weight is 312 g/mol. The number of hydrogen-bond donors (Lipinski definition) is 1. The third kappa shape index (κ3) is 2.73. The average Bonchev–Trinajstić information content (AvgIpc) is 2.73. The number of pyridine rings is 1. The molecule has 90 valence electrons. The smallest absolute Gasteiger partial charge is 0.143 e. The van der Waals surface area contributed by atoms with Gasteiger partial charge in [-0.15, -0.1) is 11.3 Å². The Morgan fingerprint density at radius 2 is 2.29 bits per heavy atom. The summed E-state index contributed by atoms with van der Waals surface area (Å²) in [6, 6.07) is 3.91. The summed E-state index contributed by atoms with van der Waals surface area (Å²) in [5.74, 6) is 0. The first-order chi connectivity index (χ1) is 8.26. The summed E-state index contributed by atoms with van der Waals surface area (Å²) >= 11 is 5.23. The summed E-state index contributed by atoms with van der Waals surface area (Å²) in [5.41, 5.74) is 2.09. The van der Waals surface area contributed by atoms with Crippen LogP contribution in [0.4, 0.5) is 0 Å². The highest BCUT2D eigenvalue weighted by molar-refractivity contribution is 9.10. The van der Waals surface area contributed by atoms with E-state index in [1.165, 1.54) is 4.88 Å². The number of hydrogen-bond acceptors (Lipinski definition) is 4. The van der Waals surface area contributed by atoms with E-state index in [1.807, 2.05) is 19.2 Å². The number of thiazole rings is 1. The number of halogens is 1. The zero-order valence-corrected chi connectivity index (χ0v) is 12.2. The molecular formula is C12H14BrN3S. The quantitative estimate of drug-likeness (QED) is 0.942. The molecule has 2 heterocycles. The van der Waals surface area contributed by atoms with Crippen LogP contribution in [0.2, 0.25) is 0 Å². The van der Waals surface area contributed by atoms with Crippen molar-refractivity contribution in [2.24, 2.45) is 0 Å². The van der Waals surface area contributed by atoms with Gasteiger partial charge in [-0.2, -0.15) is 0 Å². The molecule has 2 aromatic rings. The molecule has 0 atom stereocenters. The van der Waals surface area contributed by atoms with Crippen molar-refractivity contribution >= 4 is 27.3 Å². The monoisotopic (exact) mass is 311 g/mol. The third-order valence-electron chi connectivity index (χ3n) is 2.41. The van der Waals surface area contributed by atoms with Crippen molar-refractivity contribution in [2.45, 2.75) is 19.9 Å². The Morgan fingerprint density at radius 1 is 1.47 bits per heavy atom. The Labute approximate surface area is 113 Å². The maximum atomic E-state index is 4.66.